The summed E-state index contributed by atoms with van der Waals surface area (Å²) in [6.07, 6.45) is 1.75. The molecule has 0 aliphatic carbocycles. The second-order valence-corrected chi connectivity index (χ2v) is 4.41. The fraction of sp³-hybridized carbons (Fsp3) is 0.214. The van der Waals surface area contributed by atoms with Gasteiger partial charge < -0.3 is 10.1 Å². The topological polar surface area (TPSA) is 34.1 Å². The molecule has 0 radical (unpaired) electrons. The van der Waals surface area contributed by atoms with E-state index in [1.807, 2.05) is 44.3 Å². The third-order valence-electron chi connectivity index (χ3n) is 2.57. The fourth-order valence-corrected chi connectivity index (χ4v) is 1.87. The van der Waals surface area contributed by atoms with Crippen molar-refractivity contribution in [2.24, 2.45) is 0 Å². The van der Waals surface area contributed by atoms with E-state index in [0.717, 1.165) is 22.8 Å². The Labute approximate surface area is 112 Å². The number of halogens is 1. The number of aromatic nitrogens is 1. The maximum atomic E-state index is 5.99. The van der Waals surface area contributed by atoms with E-state index in [4.69, 9.17) is 16.3 Å². The van der Waals surface area contributed by atoms with E-state index in [1.165, 1.54) is 0 Å². The highest BCUT2D eigenvalue weighted by molar-refractivity contribution is 6.30. The van der Waals surface area contributed by atoms with Crippen molar-refractivity contribution in [3.05, 3.63) is 52.8 Å². The second-order valence-electron chi connectivity index (χ2n) is 3.97. The molecule has 94 valence electrons. The number of hydrogen-bond donors (Lipinski definition) is 1. The first kappa shape index (κ1) is 12.9. The van der Waals surface area contributed by atoms with Gasteiger partial charge in [0.1, 0.15) is 11.5 Å². The van der Waals surface area contributed by atoms with Crippen molar-refractivity contribution >= 4 is 11.6 Å². The molecule has 18 heavy (non-hydrogen) atoms. The quantitative estimate of drug-likeness (QED) is 0.915. The molecule has 0 fully saturated rings. The van der Waals surface area contributed by atoms with E-state index >= 15 is 0 Å². The Morgan fingerprint density at radius 1 is 1.28 bits per heavy atom. The minimum Gasteiger partial charge on any atom is -0.455 e. The Bertz CT molecular complexity index is 543. The van der Waals surface area contributed by atoms with Gasteiger partial charge in [0.25, 0.3) is 0 Å². The number of nitrogens with one attached hydrogen (secondary N) is 1. The van der Waals surface area contributed by atoms with Crippen LogP contribution in [0.3, 0.4) is 0 Å². The number of ether oxygens (including phenoxy) is 1. The average Bonchev–Trinajstić information content (AvgIpc) is 2.35. The molecule has 1 aromatic heterocycles. The van der Waals surface area contributed by atoms with E-state index < -0.39 is 0 Å². The number of pyridine rings is 1. The maximum Gasteiger partial charge on any atom is 0.148 e. The molecule has 1 N–H and O–H groups in total. The summed E-state index contributed by atoms with van der Waals surface area (Å²) in [5, 5.41) is 3.80. The number of benzene rings is 1. The number of rotatable bonds is 4. The molecule has 2 aromatic rings. The Morgan fingerprint density at radius 2 is 2.11 bits per heavy atom. The zero-order valence-electron chi connectivity index (χ0n) is 10.4. The standard InChI is InChI=1S/C14H15ClN2O/c1-10-13(4-3-7-17-10)18-14-6-5-12(15)8-11(14)9-16-2/h3-8,16H,9H2,1-2H3. The summed E-state index contributed by atoms with van der Waals surface area (Å²) in [6, 6.07) is 9.36. The van der Waals surface area contributed by atoms with Crippen molar-refractivity contribution in [1.29, 1.82) is 0 Å². The van der Waals surface area contributed by atoms with Crippen LogP contribution in [0.4, 0.5) is 0 Å². The minimum absolute atomic E-state index is 0.704. The largest absolute Gasteiger partial charge is 0.455 e. The number of hydrogen-bond acceptors (Lipinski definition) is 3. The summed E-state index contributed by atoms with van der Waals surface area (Å²) in [7, 11) is 1.89. The molecule has 4 heteroatoms. The molecule has 0 spiro atoms. The lowest BCUT2D eigenvalue weighted by molar-refractivity contribution is 0.468. The first-order valence-electron chi connectivity index (χ1n) is 5.73. The smallest absolute Gasteiger partial charge is 0.148 e. The average molecular weight is 263 g/mol. The van der Waals surface area contributed by atoms with Gasteiger partial charge in [0.2, 0.25) is 0 Å². The molecule has 2 rings (SSSR count). The molecule has 1 heterocycles. The van der Waals surface area contributed by atoms with Gasteiger partial charge >= 0.3 is 0 Å². The van der Waals surface area contributed by atoms with Gasteiger partial charge in [0.05, 0.1) is 5.69 Å². The predicted molar refractivity (Wildman–Crippen MR) is 73.3 cm³/mol. The SMILES string of the molecule is CNCc1cc(Cl)ccc1Oc1cccnc1C. The van der Waals surface area contributed by atoms with Gasteiger partial charge in [0.15, 0.2) is 0 Å². The van der Waals surface area contributed by atoms with Crippen LogP contribution in [0.2, 0.25) is 5.02 Å². The van der Waals surface area contributed by atoms with E-state index in [0.29, 0.717) is 11.6 Å². The molecule has 0 saturated carbocycles. The van der Waals surface area contributed by atoms with Crippen LogP contribution in [0.1, 0.15) is 11.3 Å². The molecule has 0 aliphatic heterocycles. The van der Waals surface area contributed by atoms with Crippen molar-refractivity contribution in [1.82, 2.24) is 10.3 Å². The van der Waals surface area contributed by atoms with Crippen molar-refractivity contribution < 1.29 is 4.74 Å². The molecule has 0 aliphatic rings. The molecular weight excluding hydrogens is 248 g/mol. The summed E-state index contributed by atoms with van der Waals surface area (Å²) in [4.78, 5) is 4.20. The van der Waals surface area contributed by atoms with Crippen LogP contribution in [0.5, 0.6) is 11.5 Å². The summed E-state index contributed by atoms with van der Waals surface area (Å²) < 4.78 is 5.89. The van der Waals surface area contributed by atoms with E-state index in [1.54, 1.807) is 6.20 Å². The van der Waals surface area contributed by atoms with Crippen LogP contribution in [-0.2, 0) is 6.54 Å². The summed E-state index contributed by atoms with van der Waals surface area (Å²) in [5.74, 6) is 1.56. The Hall–Kier alpha value is -1.58. The van der Waals surface area contributed by atoms with Crippen LogP contribution < -0.4 is 10.1 Å². The summed E-state index contributed by atoms with van der Waals surface area (Å²) in [6.45, 7) is 2.62. The highest BCUT2D eigenvalue weighted by atomic mass is 35.5. The number of aryl methyl sites for hydroxylation is 1. The van der Waals surface area contributed by atoms with Gasteiger partial charge in [-0.15, -0.1) is 0 Å². The van der Waals surface area contributed by atoms with Gasteiger partial charge in [-0.05, 0) is 44.3 Å². The zero-order valence-corrected chi connectivity index (χ0v) is 11.2. The van der Waals surface area contributed by atoms with Crippen LogP contribution >= 0.6 is 11.6 Å². The lowest BCUT2D eigenvalue weighted by atomic mass is 10.2. The van der Waals surface area contributed by atoms with Crippen molar-refractivity contribution in [2.75, 3.05) is 7.05 Å². The number of nitrogens with zero attached hydrogens (tertiary/aromatic N) is 1. The highest BCUT2D eigenvalue weighted by Gasteiger charge is 2.07. The first-order chi connectivity index (χ1) is 8.70. The second kappa shape index (κ2) is 5.85. The molecule has 3 nitrogen and oxygen atoms in total. The Kier molecular flexibility index (Phi) is 4.18. The fourth-order valence-electron chi connectivity index (χ4n) is 1.67. The lowest BCUT2D eigenvalue weighted by Crippen LogP contribution is -2.06. The van der Waals surface area contributed by atoms with Gasteiger partial charge in [-0.25, -0.2) is 0 Å². The van der Waals surface area contributed by atoms with Crippen LogP contribution in [0, 0.1) is 6.92 Å². The van der Waals surface area contributed by atoms with Crippen molar-refractivity contribution in [3.63, 3.8) is 0 Å². The minimum atomic E-state index is 0.704. The van der Waals surface area contributed by atoms with Gasteiger partial charge in [-0.1, -0.05) is 11.6 Å². The molecule has 0 saturated heterocycles. The highest BCUT2D eigenvalue weighted by Crippen LogP contribution is 2.28. The van der Waals surface area contributed by atoms with Crippen molar-refractivity contribution in [3.8, 4) is 11.5 Å². The van der Waals surface area contributed by atoms with Gasteiger partial charge in [-0.3, -0.25) is 4.98 Å². The third-order valence-corrected chi connectivity index (χ3v) is 2.80. The molecule has 1 aromatic carbocycles. The van der Waals surface area contributed by atoms with E-state index in [-0.39, 0.29) is 0 Å². The lowest BCUT2D eigenvalue weighted by Gasteiger charge is -2.12. The summed E-state index contributed by atoms with van der Waals surface area (Å²) >= 11 is 5.99. The normalized spacial score (nSPS) is 10.4. The molecule has 0 unspecified atom stereocenters. The van der Waals surface area contributed by atoms with Crippen molar-refractivity contribution in [2.45, 2.75) is 13.5 Å². The summed E-state index contributed by atoms with van der Waals surface area (Å²) in [5.41, 5.74) is 1.89. The van der Waals surface area contributed by atoms with Crippen LogP contribution in [0.25, 0.3) is 0 Å². The first-order valence-corrected chi connectivity index (χ1v) is 6.11. The molecular formula is C14H15ClN2O. The monoisotopic (exact) mass is 262 g/mol. The van der Waals surface area contributed by atoms with Gasteiger partial charge in [-0.2, -0.15) is 0 Å². The van der Waals surface area contributed by atoms with Crippen LogP contribution in [0.15, 0.2) is 36.5 Å². The Morgan fingerprint density at radius 3 is 2.83 bits per heavy atom. The zero-order chi connectivity index (χ0) is 13.0. The molecule has 0 bridgehead atoms. The van der Waals surface area contributed by atoms with Gasteiger partial charge in [0, 0.05) is 23.3 Å². The molecule has 0 atom stereocenters. The molecule has 0 amide bonds. The maximum absolute atomic E-state index is 5.99. The van der Waals surface area contributed by atoms with E-state index in [9.17, 15) is 0 Å². The van der Waals surface area contributed by atoms with Crippen LogP contribution in [-0.4, -0.2) is 12.0 Å². The predicted octanol–water partition coefficient (Wildman–Crippen LogP) is 3.56. The van der Waals surface area contributed by atoms with E-state index in [2.05, 4.69) is 10.3 Å². The Balaban J connectivity index is 2.31. The third kappa shape index (κ3) is 3.00.